The van der Waals surface area contributed by atoms with Gasteiger partial charge in [0.2, 0.25) is 0 Å². The van der Waals surface area contributed by atoms with Crippen molar-refractivity contribution in [3.05, 3.63) is 53.1 Å². The number of pyridine rings is 2. The van der Waals surface area contributed by atoms with Crippen molar-refractivity contribution in [1.82, 2.24) is 9.97 Å². The number of primary amides is 1. The fourth-order valence-corrected chi connectivity index (χ4v) is 2.07. The van der Waals surface area contributed by atoms with E-state index >= 15 is 0 Å². The summed E-state index contributed by atoms with van der Waals surface area (Å²) in [7, 11) is 0. The number of hydrogen-bond acceptors (Lipinski definition) is 5. The van der Waals surface area contributed by atoms with Crippen molar-refractivity contribution < 1.29 is 14.3 Å². The van der Waals surface area contributed by atoms with Crippen molar-refractivity contribution >= 4 is 23.5 Å². The maximum Gasteiger partial charge on any atom is 0.410 e. The average molecular weight is 320 g/mol. The van der Waals surface area contributed by atoms with Crippen LogP contribution in [0.4, 0.5) is 4.79 Å². The lowest BCUT2D eigenvalue weighted by Gasteiger charge is -2.23. The van der Waals surface area contributed by atoms with Crippen molar-refractivity contribution in [1.29, 1.82) is 0 Å². The van der Waals surface area contributed by atoms with Crippen LogP contribution in [0.15, 0.2) is 36.8 Å². The highest BCUT2D eigenvalue weighted by molar-refractivity contribution is 6.30. The number of rotatable bonds is 4. The zero-order chi connectivity index (χ0) is 16.3. The summed E-state index contributed by atoms with van der Waals surface area (Å²) in [6.45, 7) is 3.52. The first-order valence-electron chi connectivity index (χ1n) is 6.40. The third kappa shape index (κ3) is 3.40. The Morgan fingerprint density at radius 2 is 1.95 bits per heavy atom. The summed E-state index contributed by atoms with van der Waals surface area (Å²) in [4.78, 5) is 31.3. The minimum absolute atomic E-state index is 0.172. The second kappa shape index (κ2) is 6.11. The summed E-state index contributed by atoms with van der Waals surface area (Å²) in [6, 6.07) is 4.62. The van der Waals surface area contributed by atoms with E-state index in [1.807, 2.05) is 0 Å². The summed E-state index contributed by atoms with van der Waals surface area (Å²) in [6.07, 6.45) is 3.42. The van der Waals surface area contributed by atoms with E-state index in [1.54, 1.807) is 26.1 Å². The molecular weight excluding hydrogens is 306 g/mol. The number of hydrogen-bond donors (Lipinski definition) is 1. The Kier molecular flexibility index (Phi) is 4.42. The molecule has 0 atom stereocenters. The number of ketones is 1. The SMILES string of the molecule is CC(C)(C(=O)c1ccc(OC(N)=O)cn1)c1cncc(Cl)c1. The molecular formula is C15H14ClN3O3. The molecule has 2 N–H and O–H groups in total. The fourth-order valence-electron chi connectivity index (χ4n) is 1.90. The van der Waals surface area contributed by atoms with Gasteiger partial charge < -0.3 is 10.5 Å². The molecule has 0 fully saturated rings. The standard InChI is InChI=1S/C15H14ClN3O3/c1-15(2,9-5-10(16)7-18-6-9)13(20)12-4-3-11(8-19-12)22-14(17)21/h3-8H,1-2H3,(H2,17,21). The molecule has 22 heavy (non-hydrogen) atoms. The topological polar surface area (TPSA) is 95.2 Å². The minimum Gasteiger partial charge on any atom is -0.409 e. The summed E-state index contributed by atoms with van der Waals surface area (Å²) in [5, 5.41) is 0.455. The first kappa shape index (κ1) is 15.9. The van der Waals surface area contributed by atoms with Gasteiger partial charge >= 0.3 is 6.09 Å². The van der Waals surface area contributed by atoms with Gasteiger partial charge in [-0.1, -0.05) is 11.6 Å². The summed E-state index contributed by atoms with van der Waals surface area (Å²) in [5.41, 5.74) is 4.98. The maximum atomic E-state index is 12.6. The highest BCUT2D eigenvalue weighted by Gasteiger charge is 2.32. The second-order valence-corrected chi connectivity index (χ2v) is 5.58. The van der Waals surface area contributed by atoms with Gasteiger partial charge in [-0.05, 0) is 37.6 Å². The van der Waals surface area contributed by atoms with Crippen molar-refractivity contribution in [3.8, 4) is 5.75 Å². The van der Waals surface area contributed by atoms with E-state index in [0.29, 0.717) is 10.6 Å². The predicted octanol–water partition coefficient (Wildman–Crippen LogP) is 2.75. The zero-order valence-corrected chi connectivity index (χ0v) is 12.8. The monoisotopic (exact) mass is 319 g/mol. The summed E-state index contributed by atoms with van der Waals surface area (Å²) >= 11 is 5.92. The van der Waals surface area contributed by atoms with Crippen LogP contribution in [0, 0.1) is 0 Å². The largest absolute Gasteiger partial charge is 0.410 e. The predicted molar refractivity (Wildman–Crippen MR) is 81.1 cm³/mol. The molecule has 6 nitrogen and oxygen atoms in total. The van der Waals surface area contributed by atoms with E-state index in [9.17, 15) is 9.59 Å². The van der Waals surface area contributed by atoms with Crippen LogP contribution in [0.25, 0.3) is 0 Å². The Bertz CT molecular complexity index is 714. The summed E-state index contributed by atoms with van der Waals surface area (Å²) < 4.78 is 4.67. The molecule has 0 aliphatic rings. The Balaban J connectivity index is 2.28. The highest BCUT2D eigenvalue weighted by Crippen LogP contribution is 2.28. The molecule has 0 aliphatic carbocycles. The smallest absolute Gasteiger partial charge is 0.409 e. The van der Waals surface area contributed by atoms with Gasteiger partial charge in [0.05, 0.1) is 16.6 Å². The van der Waals surface area contributed by atoms with E-state index in [1.165, 1.54) is 24.5 Å². The fraction of sp³-hybridized carbons (Fsp3) is 0.200. The molecule has 0 bridgehead atoms. The van der Waals surface area contributed by atoms with Crippen LogP contribution >= 0.6 is 11.6 Å². The average Bonchev–Trinajstić information content (AvgIpc) is 2.46. The lowest BCUT2D eigenvalue weighted by atomic mass is 9.80. The third-order valence-corrected chi connectivity index (χ3v) is 3.39. The van der Waals surface area contributed by atoms with Gasteiger partial charge in [-0.15, -0.1) is 0 Å². The van der Waals surface area contributed by atoms with Crippen LogP contribution in [-0.2, 0) is 5.41 Å². The van der Waals surface area contributed by atoms with E-state index in [2.05, 4.69) is 14.7 Å². The molecule has 2 heterocycles. The van der Waals surface area contributed by atoms with Gasteiger partial charge in [-0.3, -0.25) is 9.78 Å². The highest BCUT2D eigenvalue weighted by atomic mass is 35.5. The van der Waals surface area contributed by atoms with E-state index in [0.717, 1.165) is 0 Å². The van der Waals surface area contributed by atoms with Crippen LogP contribution in [0.2, 0.25) is 5.02 Å². The Morgan fingerprint density at radius 1 is 1.23 bits per heavy atom. The molecule has 0 spiro atoms. The molecule has 0 saturated heterocycles. The Morgan fingerprint density at radius 3 is 2.50 bits per heavy atom. The minimum atomic E-state index is -0.939. The normalized spacial score (nSPS) is 11.0. The van der Waals surface area contributed by atoms with Gasteiger partial charge in [-0.2, -0.15) is 0 Å². The molecule has 7 heteroatoms. The first-order chi connectivity index (χ1) is 10.3. The van der Waals surface area contributed by atoms with Crippen LogP contribution in [0.3, 0.4) is 0 Å². The first-order valence-corrected chi connectivity index (χ1v) is 6.77. The van der Waals surface area contributed by atoms with Crippen LogP contribution in [0.1, 0.15) is 29.9 Å². The molecule has 0 unspecified atom stereocenters. The van der Waals surface area contributed by atoms with E-state index < -0.39 is 11.5 Å². The molecule has 0 aromatic carbocycles. The van der Waals surface area contributed by atoms with E-state index in [4.69, 9.17) is 17.3 Å². The summed E-state index contributed by atoms with van der Waals surface area (Å²) in [5.74, 6) is -0.0338. The maximum absolute atomic E-state index is 12.6. The lowest BCUT2D eigenvalue weighted by Crippen LogP contribution is -2.30. The molecule has 1 amide bonds. The number of Topliss-reactive ketones (excluding diaryl/α,β-unsaturated/α-hetero) is 1. The van der Waals surface area contributed by atoms with Crippen molar-refractivity contribution in [2.24, 2.45) is 5.73 Å². The number of carbonyl (C=O) groups is 2. The Labute approximate surface area is 132 Å². The van der Waals surface area contributed by atoms with Crippen LogP contribution < -0.4 is 10.5 Å². The van der Waals surface area contributed by atoms with E-state index in [-0.39, 0.29) is 17.2 Å². The van der Waals surface area contributed by atoms with Gasteiger partial charge in [0.1, 0.15) is 5.69 Å². The third-order valence-electron chi connectivity index (χ3n) is 3.18. The van der Waals surface area contributed by atoms with Crippen molar-refractivity contribution in [3.63, 3.8) is 0 Å². The number of carbonyl (C=O) groups excluding carboxylic acids is 2. The molecule has 2 aromatic rings. The second-order valence-electron chi connectivity index (χ2n) is 5.15. The molecule has 2 rings (SSSR count). The molecule has 114 valence electrons. The molecule has 0 saturated carbocycles. The van der Waals surface area contributed by atoms with Gasteiger partial charge in [-0.25, -0.2) is 9.78 Å². The number of nitrogens with zero attached hydrogens (tertiary/aromatic N) is 2. The number of amides is 1. The number of aromatic nitrogens is 2. The quantitative estimate of drug-likeness (QED) is 0.874. The molecule has 0 radical (unpaired) electrons. The molecule has 2 aromatic heterocycles. The van der Waals surface area contributed by atoms with Gasteiger partial charge in [0.15, 0.2) is 11.5 Å². The number of ether oxygens (including phenoxy) is 1. The Hall–Kier alpha value is -2.47. The zero-order valence-electron chi connectivity index (χ0n) is 12.0. The van der Waals surface area contributed by atoms with Gasteiger partial charge in [0, 0.05) is 12.4 Å². The van der Waals surface area contributed by atoms with Crippen molar-refractivity contribution in [2.75, 3.05) is 0 Å². The number of nitrogens with two attached hydrogens (primary N) is 1. The van der Waals surface area contributed by atoms with Crippen molar-refractivity contribution in [2.45, 2.75) is 19.3 Å². The number of halogens is 1. The molecule has 0 aliphatic heterocycles. The van der Waals surface area contributed by atoms with Crippen LogP contribution in [0.5, 0.6) is 5.75 Å². The van der Waals surface area contributed by atoms with Gasteiger partial charge in [0.25, 0.3) is 0 Å². The lowest BCUT2D eigenvalue weighted by molar-refractivity contribution is 0.0903. The van der Waals surface area contributed by atoms with Crippen LogP contribution in [-0.4, -0.2) is 21.8 Å².